The Balaban J connectivity index is 4.15. The van der Waals surface area contributed by atoms with Gasteiger partial charge >= 0.3 is 0 Å². The Morgan fingerprint density at radius 1 is 1.46 bits per heavy atom. The fourth-order valence-electron chi connectivity index (χ4n) is 0.717. The molecule has 0 radical (unpaired) electrons. The summed E-state index contributed by atoms with van der Waals surface area (Å²) < 4.78 is 0. The molecule has 0 aliphatic rings. The van der Waals surface area contributed by atoms with Crippen LogP contribution in [0.2, 0.25) is 0 Å². The van der Waals surface area contributed by atoms with Crippen molar-refractivity contribution in [2.45, 2.75) is 27.7 Å². The molecule has 3 nitrogen and oxygen atoms in total. The second kappa shape index (κ2) is 5.02. The molecule has 0 rings (SSSR count). The van der Waals surface area contributed by atoms with Gasteiger partial charge in [0.1, 0.15) is 0 Å². The average molecular weight is 185 g/mol. The molecule has 0 fully saturated rings. The van der Waals surface area contributed by atoms with Crippen LogP contribution in [0.5, 0.6) is 0 Å². The van der Waals surface area contributed by atoms with Gasteiger partial charge in [-0.3, -0.25) is 4.79 Å². The third-order valence-electron chi connectivity index (χ3n) is 1.60. The van der Waals surface area contributed by atoms with E-state index < -0.39 is 0 Å². The Morgan fingerprint density at radius 2 is 2.00 bits per heavy atom. The Morgan fingerprint density at radius 3 is 2.38 bits per heavy atom. The van der Waals surface area contributed by atoms with E-state index in [1.54, 1.807) is 6.08 Å². The molecule has 3 heteroatoms. The lowest BCUT2D eigenvalue weighted by molar-refractivity contribution is -0.121. The maximum atomic E-state index is 11.5. The van der Waals surface area contributed by atoms with Crippen LogP contribution in [-0.4, -0.2) is 24.0 Å². The van der Waals surface area contributed by atoms with E-state index in [2.05, 4.69) is 5.32 Å². The highest BCUT2D eigenvalue weighted by molar-refractivity contribution is 5.94. The van der Waals surface area contributed by atoms with Gasteiger partial charge in [-0.1, -0.05) is 20.8 Å². The number of hydrogen-bond acceptors (Lipinski definition) is 3. The number of aliphatic hydroxyl groups excluding tert-OH is 1. The molecule has 0 saturated carbocycles. The molecule has 0 aliphatic carbocycles. The minimum Gasteiger partial charge on any atom is -0.395 e. The van der Waals surface area contributed by atoms with Gasteiger partial charge in [-0.15, -0.1) is 0 Å². The van der Waals surface area contributed by atoms with Gasteiger partial charge in [-0.2, -0.15) is 0 Å². The summed E-state index contributed by atoms with van der Waals surface area (Å²) in [6.07, 6.45) is 1.58. The number of rotatable bonds is 4. The van der Waals surface area contributed by atoms with Crippen molar-refractivity contribution in [3.63, 3.8) is 0 Å². The van der Waals surface area contributed by atoms with E-state index in [1.807, 2.05) is 27.7 Å². The number of carbonyl (C=O) groups is 1. The second-order valence-electron chi connectivity index (χ2n) is 4.09. The van der Waals surface area contributed by atoms with Crippen molar-refractivity contribution in [1.29, 1.82) is 0 Å². The fourth-order valence-corrected chi connectivity index (χ4v) is 0.717. The molecule has 0 amide bonds. The van der Waals surface area contributed by atoms with Gasteiger partial charge in [-0.05, 0) is 6.92 Å². The molecule has 76 valence electrons. The van der Waals surface area contributed by atoms with Crippen LogP contribution in [-0.2, 0) is 4.79 Å². The third-order valence-corrected chi connectivity index (χ3v) is 1.60. The molecular formula is C10H19NO2. The van der Waals surface area contributed by atoms with E-state index in [9.17, 15) is 4.79 Å². The van der Waals surface area contributed by atoms with Crippen LogP contribution in [0.25, 0.3) is 0 Å². The van der Waals surface area contributed by atoms with Crippen molar-refractivity contribution in [1.82, 2.24) is 5.32 Å². The highest BCUT2D eigenvalue weighted by Crippen LogP contribution is 2.15. The summed E-state index contributed by atoms with van der Waals surface area (Å²) in [5, 5.41) is 11.5. The Kier molecular flexibility index (Phi) is 4.70. The zero-order valence-electron chi connectivity index (χ0n) is 8.85. The maximum Gasteiger partial charge on any atom is 0.162 e. The van der Waals surface area contributed by atoms with E-state index in [1.165, 1.54) is 0 Å². The van der Waals surface area contributed by atoms with Crippen molar-refractivity contribution >= 4 is 5.78 Å². The van der Waals surface area contributed by atoms with E-state index in [-0.39, 0.29) is 17.8 Å². The Hall–Kier alpha value is -0.830. The first-order valence-corrected chi connectivity index (χ1v) is 4.45. The van der Waals surface area contributed by atoms with Crippen LogP contribution in [0.4, 0.5) is 0 Å². The number of nitrogens with one attached hydrogen (secondary N) is 1. The SMILES string of the molecule is C/C(=C/C(=O)C(C)(C)C)NCCO. The van der Waals surface area contributed by atoms with Crippen LogP contribution >= 0.6 is 0 Å². The zero-order chi connectivity index (χ0) is 10.5. The van der Waals surface area contributed by atoms with Gasteiger partial charge in [0.05, 0.1) is 6.61 Å². The molecule has 0 heterocycles. The van der Waals surface area contributed by atoms with Crippen molar-refractivity contribution in [3.8, 4) is 0 Å². The standard InChI is InChI=1S/C10H19NO2/c1-8(11-5-6-12)7-9(13)10(2,3)4/h7,11-12H,5-6H2,1-4H3/b8-7-. The zero-order valence-corrected chi connectivity index (χ0v) is 8.85. The van der Waals surface area contributed by atoms with Crippen LogP contribution in [0.3, 0.4) is 0 Å². The normalized spacial score (nSPS) is 12.8. The molecule has 0 aromatic heterocycles. The summed E-state index contributed by atoms with van der Waals surface area (Å²) >= 11 is 0. The number of carbonyl (C=O) groups excluding carboxylic acids is 1. The third kappa shape index (κ3) is 5.42. The van der Waals surface area contributed by atoms with Gasteiger partial charge in [0, 0.05) is 23.7 Å². The number of hydrogen-bond donors (Lipinski definition) is 2. The molecular weight excluding hydrogens is 166 g/mol. The van der Waals surface area contributed by atoms with Crippen molar-refractivity contribution in [3.05, 3.63) is 11.8 Å². The lowest BCUT2D eigenvalue weighted by atomic mass is 9.90. The summed E-state index contributed by atoms with van der Waals surface area (Å²) in [5.74, 6) is 0.0930. The van der Waals surface area contributed by atoms with Crippen LogP contribution in [0.1, 0.15) is 27.7 Å². The summed E-state index contributed by atoms with van der Waals surface area (Å²) in [4.78, 5) is 11.5. The van der Waals surface area contributed by atoms with Crippen LogP contribution in [0, 0.1) is 5.41 Å². The van der Waals surface area contributed by atoms with Crippen molar-refractivity contribution in [2.24, 2.45) is 5.41 Å². The molecule has 0 bridgehead atoms. The van der Waals surface area contributed by atoms with Gasteiger partial charge in [0.2, 0.25) is 0 Å². The summed E-state index contributed by atoms with van der Waals surface area (Å²) in [6.45, 7) is 8.02. The van der Waals surface area contributed by atoms with E-state index in [4.69, 9.17) is 5.11 Å². The Bertz CT molecular complexity index is 201. The maximum absolute atomic E-state index is 11.5. The highest BCUT2D eigenvalue weighted by atomic mass is 16.3. The minimum absolute atomic E-state index is 0.0783. The monoisotopic (exact) mass is 185 g/mol. The largest absolute Gasteiger partial charge is 0.395 e. The lowest BCUT2D eigenvalue weighted by Crippen LogP contribution is -2.21. The van der Waals surface area contributed by atoms with Crippen molar-refractivity contribution < 1.29 is 9.90 Å². The van der Waals surface area contributed by atoms with Gasteiger partial charge in [-0.25, -0.2) is 0 Å². The summed E-state index contributed by atoms with van der Waals surface area (Å²) in [6, 6.07) is 0. The van der Waals surface area contributed by atoms with Crippen LogP contribution < -0.4 is 5.32 Å². The minimum atomic E-state index is -0.331. The van der Waals surface area contributed by atoms with E-state index in [0.29, 0.717) is 6.54 Å². The molecule has 0 atom stereocenters. The van der Waals surface area contributed by atoms with E-state index >= 15 is 0 Å². The predicted octanol–water partition coefficient (Wildman–Crippen LogP) is 1.09. The topological polar surface area (TPSA) is 49.3 Å². The predicted molar refractivity (Wildman–Crippen MR) is 53.3 cm³/mol. The first-order valence-electron chi connectivity index (χ1n) is 4.45. The lowest BCUT2D eigenvalue weighted by Gasteiger charge is -2.14. The van der Waals surface area contributed by atoms with Gasteiger partial charge in [0.25, 0.3) is 0 Å². The molecule has 2 N–H and O–H groups in total. The molecule has 0 spiro atoms. The Labute approximate surface area is 79.8 Å². The first-order chi connectivity index (χ1) is 5.88. The smallest absolute Gasteiger partial charge is 0.162 e. The van der Waals surface area contributed by atoms with Gasteiger partial charge < -0.3 is 10.4 Å². The van der Waals surface area contributed by atoms with E-state index in [0.717, 1.165) is 5.70 Å². The van der Waals surface area contributed by atoms with Crippen LogP contribution in [0.15, 0.2) is 11.8 Å². The number of ketones is 1. The second-order valence-corrected chi connectivity index (χ2v) is 4.09. The number of aliphatic hydroxyl groups is 1. The molecule has 13 heavy (non-hydrogen) atoms. The average Bonchev–Trinajstić information content (AvgIpc) is 1.99. The van der Waals surface area contributed by atoms with Gasteiger partial charge in [0.15, 0.2) is 5.78 Å². The summed E-state index contributed by atoms with van der Waals surface area (Å²) in [7, 11) is 0. The number of allylic oxidation sites excluding steroid dienone is 2. The highest BCUT2D eigenvalue weighted by Gasteiger charge is 2.18. The quantitative estimate of drug-likeness (QED) is 0.644. The molecule has 0 aliphatic heterocycles. The molecule has 0 saturated heterocycles. The molecule has 0 unspecified atom stereocenters. The molecule has 0 aromatic carbocycles. The fraction of sp³-hybridized carbons (Fsp3) is 0.700. The molecule has 0 aromatic rings. The summed E-state index contributed by atoms with van der Waals surface area (Å²) in [5.41, 5.74) is 0.469. The van der Waals surface area contributed by atoms with Crippen molar-refractivity contribution in [2.75, 3.05) is 13.2 Å². The first kappa shape index (κ1) is 12.2.